The van der Waals surface area contributed by atoms with E-state index in [1.54, 1.807) is 30.1 Å². The Hall–Kier alpha value is -3.06. The average Bonchev–Trinajstić information content (AvgIpc) is 3.25. The fourth-order valence-corrected chi connectivity index (χ4v) is 3.26. The van der Waals surface area contributed by atoms with Crippen LogP contribution in [-0.2, 0) is 6.54 Å². The van der Waals surface area contributed by atoms with Crippen LogP contribution in [0.4, 0.5) is 5.82 Å². The number of pyridine rings is 1. The number of amides is 1. The second-order valence-corrected chi connectivity index (χ2v) is 6.06. The van der Waals surface area contributed by atoms with E-state index in [4.69, 9.17) is 16.5 Å². The van der Waals surface area contributed by atoms with Crippen molar-refractivity contribution in [2.75, 3.05) is 12.4 Å². The van der Waals surface area contributed by atoms with Gasteiger partial charge < -0.3 is 10.1 Å². The molecule has 3 aromatic heterocycles. The van der Waals surface area contributed by atoms with Gasteiger partial charge in [-0.25, -0.2) is 9.07 Å². The number of halogens is 1. The van der Waals surface area contributed by atoms with E-state index in [0.717, 1.165) is 22.0 Å². The number of nitrogens with one attached hydrogen (secondary N) is 1. The van der Waals surface area contributed by atoms with E-state index in [-0.39, 0.29) is 5.91 Å². The molecule has 1 amide bonds. The van der Waals surface area contributed by atoms with Gasteiger partial charge in [0.25, 0.3) is 5.91 Å². The van der Waals surface area contributed by atoms with Crippen molar-refractivity contribution in [3.05, 3.63) is 48.3 Å². The summed E-state index contributed by atoms with van der Waals surface area (Å²) >= 11 is 6.43. The maximum absolute atomic E-state index is 12.5. The molecule has 1 aromatic carbocycles. The van der Waals surface area contributed by atoms with Crippen molar-refractivity contribution in [3.63, 3.8) is 0 Å². The van der Waals surface area contributed by atoms with Crippen LogP contribution in [0.15, 0.2) is 42.6 Å². The molecule has 0 saturated carbocycles. The normalized spacial score (nSPS) is 11.2. The number of hydrogen-bond donors (Lipinski definition) is 1. The third-order valence-corrected chi connectivity index (χ3v) is 4.60. The van der Waals surface area contributed by atoms with Crippen molar-refractivity contribution in [2.45, 2.75) is 13.5 Å². The van der Waals surface area contributed by atoms with Gasteiger partial charge in [-0.05, 0) is 43.3 Å². The second-order valence-electron chi connectivity index (χ2n) is 5.72. The Morgan fingerprint density at radius 2 is 2.08 bits per heavy atom. The molecule has 26 heavy (non-hydrogen) atoms. The molecule has 0 aliphatic rings. The predicted octanol–water partition coefficient (Wildman–Crippen LogP) is 3.67. The van der Waals surface area contributed by atoms with Gasteiger partial charge in [-0.15, -0.1) is 0 Å². The van der Waals surface area contributed by atoms with Crippen molar-refractivity contribution in [3.8, 4) is 5.75 Å². The fourth-order valence-electron chi connectivity index (χ4n) is 2.98. The van der Waals surface area contributed by atoms with Crippen molar-refractivity contribution in [1.29, 1.82) is 0 Å². The zero-order valence-corrected chi connectivity index (χ0v) is 15.0. The summed E-state index contributed by atoms with van der Waals surface area (Å²) in [4.78, 5) is 17.0. The summed E-state index contributed by atoms with van der Waals surface area (Å²) in [6, 6.07) is 10.9. The van der Waals surface area contributed by atoms with Crippen molar-refractivity contribution < 1.29 is 9.53 Å². The lowest BCUT2D eigenvalue weighted by molar-refractivity contribution is 0.101. The van der Waals surface area contributed by atoms with Gasteiger partial charge in [-0.3, -0.25) is 9.48 Å². The molecule has 4 aromatic rings. The molecule has 3 heterocycles. The Bertz CT molecular complexity index is 1130. The van der Waals surface area contributed by atoms with Crippen LogP contribution in [0.3, 0.4) is 0 Å². The maximum Gasteiger partial charge on any atom is 0.275 e. The Labute approximate surface area is 154 Å². The second kappa shape index (κ2) is 6.34. The van der Waals surface area contributed by atoms with Gasteiger partial charge >= 0.3 is 0 Å². The van der Waals surface area contributed by atoms with Crippen LogP contribution in [0.25, 0.3) is 21.9 Å². The summed E-state index contributed by atoms with van der Waals surface area (Å²) in [5.41, 5.74) is 1.87. The molecule has 132 valence electrons. The first-order valence-corrected chi connectivity index (χ1v) is 8.44. The van der Waals surface area contributed by atoms with Crippen LogP contribution in [0.2, 0.25) is 0 Å². The number of nitrogens with zero attached hydrogens (tertiary/aromatic N) is 4. The van der Waals surface area contributed by atoms with Gasteiger partial charge in [-0.2, -0.15) is 5.10 Å². The fraction of sp³-hybridized carbons (Fsp3) is 0.167. The number of aryl methyl sites for hydroxylation is 1. The molecule has 0 unspecified atom stereocenters. The number of hydrogen-bond acceptors (Lipinski definition) is 4. The lowest BCUT2D eigenvalue weighted by Gasteiger charge is -2.06. The van der Waals surface area contributed by atoms with Gasteiger partial charge in [0.05, 0.1) is 12.6 Å². The lowest BCUT2D eigenvalue weighted by Crippen LogP contribution is -2.18. The summed E-state index contributed by atoms with van der Waals surface area (Å²) in [7, 11) is 1.62. The molecule has 1 N–H and O–H groups in total. The molecule has 0 radical (unpaired) electrons. The van der Waals surface area contributed by atoms with E-state index in [0.29, 0.717) is 23.7 Å². The lowest BCUT2D eigenvalue weighted by atomic mass is 10.2. The molecule has 0 atom stereocenters. The number of anilines is 1. The SMILES string of the molecule is CCn1nccc1C(=O)Nc1ccc2c3cc(OC)ccc3n(Cl)c2n1. The van der Waals surface area contributed by atoms with E-state index in [1.807, 2.05) is 31.2 Å². The number of aromatic nitrogens is 4. The summed E-state index contributed by atoms with van der Waals surface area (Å²) in [6.45, 7) is 2.54. The Morgan fingerprint density at radius 3 is 2.85 bits per heavy atom. The topological polar surface area (TPSA) is 74.0 Å². The number of ether oxygens (including phenoxy) is 1. The molecule has 0 aliphatic heterocycles. The van der Waals surface area contributed by atoms with Crippen LogP contribution in [0, 0.1) is 0 Å². The van der Waals surface area contributed by atoms with Gasteiger partial charge in [0, 0.05) is 35.3 Å². The molecule has 7 nitrogen and oxygen atoms in total. The molecule has 0 spiro atoms. The van der Waals surface area contributed by atoms with Gasteiger partial charge in [-0.1, -0.05) is 0 Å². The third-order valence-electron chi connectivity index (χ3n) is 4.26. The molecule has 0 saturated heterocycles. The van der Waals surface area contributed by atoms with Crippen molar-refractivity contribution >= 4 is 45.4 Å². The van der Waals surface area contributed by atoms with Crippen LogP contribution in [0.5, 0.6) is 5.75 Å². The smallest absolute Gasteiger partial charge is 0.275 e. The number of rotatable bonds is 4. The van der Waals surface area contributed by atoms with Crippen LogP contribution < -0.4 is 10.1 Å². The molecule has 0 aliphatic carbocycles. The van der Waals surface area contributed by atoms with E-state index in [2.05, 4.69) is 15.4 Å². The zero-order valence-electron chi connectivity index (χ0n) is 14.2. The number of fused-ring (bicyclic) bond motifs is 3. The molecule has 0 bridgehead atoms. The zero-order chi connectivity index (χ0) is 18.3. The highest BCUT2D eigenvalue weighted by Gasteiger charge is 2.15. The minimum atomic E-state index is -0.268. The number of carbonyl (C=O) groups excluding carboxylic acids is 1. The molecular weight excluding hydrogens is 354 g/mol. The Kier molecular flexibility index (Phi) is 4.00. The average molecular weight is 370 g/mol. The molecular formula is C18H16ClN5O2. The van der Waals surface area contributed by atoms with Crippen LogP contribution in [-0.4, -0.2) is 31.9 Å². The highest BCUT2D eigenvalue weighted by atomic mass is 35.5. The standard InChI is InChI=1S/C18H16ClN5O2/c1-3-23-15(8-9-20-23)18(25)22-16-7-5-12-13-10-11(26-2)4-6-14(13)24(19)17(12)21-16/h4-10H,3H2,1-2H3,(H,21,22,25). The van der Waals surface area contributed by atoms with Gasteiger partial charge in [0.15, 0.2) is 5.65 Å². The van der Waals surface area contributed by atoms with E-state index >= 15 is 0 Å². The number of benzene rings is 1. The summed E-state index contributed by atoms with van der Waals surface area (Å²) in [5.74, 6) is 0.894. The summed E-state index contributed by atoms with van der Waals surface area (Å²) in [6.07, 6.45) is 1.60. The Balaban J connectivity index is 1.75. The largest absolute Gasteiger partial charge is 0.497 e. The van der Waals surface area contributed by atoms with Crippen molar-refractivity contribution in [2.24, 2.45) is 0 Å². The van der Waals surface area contributed by atoms with E-state index < -0.39 is 0 Å². The van der Waals surface area contributed by atoms with Gasteiger partial charge in [0.1, 0.15) is 17.3 Å². The molecule has 8 heteroatoms. The first-order chi connectivity index (χ1) is 12.6. The van der Waals surface area contributed by atoms with E-state index in [9.17, 15) is 4.79 Å². The quantitative estimate of drug-likeness (QED) is 0.595. The van der Waals surface area contributed by atoms with Crippen LogP contribution in [0.1, 0.15) is 17.4 Å². The van der Waals surface area contributed by atoms with Gasteiger partial charge in [0.2, 0.25) is 0 Å². The van der Waals surface area contributed by atoms with E-state index in [1.165, 1.54) is 4.09 Å². The molecule has 4 rings (SSSR count). The summed E-state index contributed by atoms with van der Waals surface area (Å²) < 4.78 is 8.39. The monoisotopic (exact) mass is 369 g/mol. The minimum absolute atomic E-state index is 0.268. The number of methoxy groups -OCH3 is 1. The highest BCUT2D eigenvalue weighted by molar-refractivity contribution is 6.26. The maximum atomic E-state index is 12.5. The highest BCUT2D eigenvalue weighted by Crippen LogP contribution is 2.32. The minimum Gasteiger partial charge on any atom is -0.497 e. The third kappa shape index (κ3) is 2.57. The Morgan fingerprint density at radius 1 is 1.23 bits per heavy atom. The summed E-state index contributed by atoms with van der Waals surface area (Å²) in [5, 5.41) is 8.72. The molecule has 0 fully saturated rings. The first kappa shape index (κ1) is 16.4. The predicted molar refractivity (Wildman–Crippen MR) is 101 cm³/mol. The van der Waals surface area contributed by atoms with Crippen LogP contribution >= 0.6 is 11.8 Å². The van der Waals surface area contributed by atoms with Crippen molar-refractivity contribution in [1.82, 2.24) is 18.9 Å². The first-order valence-electron chi connectivity index (χ1n) is 8.11. The number of carbonyl (C=O) groups is 1.